The molecule has 0 aromatic rings. The quantitative estimate of drug-likeness (QED) is 0.249. The molecule has 2 saturated heterocycles. The maximum absolute atomic E-state index is 13.6. The van der Waals surface area contributed by atoms with E-state index in [4.69, 9.17) is 4.74 Å². The van der Waals surface area contributed by atoms with Gasteiger partial charge in [0.25, 0.3) is 5.91 Å². The average Bonchev–Trinajstić information content (AvgIpc) is 3.33. The van der Waals surface area contributed by atoms with E-state index in [1.165, 1.54) is 18.7 Å². The molecule has 35 heavy (non-hydrogen) atoms. The van der Waals surface area contributed by atoms with E-state index >= 15 is 0 Å². The van der Waals surface area contributed by atoms with Gasteiger partial charge in [0, 0.05) is 19.9 Å². The van der Waals surface area contributed by atoms with Crippen LogP contribution in [0.1, 0.15) is 52.9 Å². The fourth-order valence-electron chi connectivity index (χ4n) is 5.68. The Morgan fingerprint density at radius 3 is 2.31 bits per heavy atom. The van der Waals surface area contributed by atoms with Crippen molar-refractivity contribution in [1.82, 2.24) is 20.4 Å². The number of hydrogen-bond donors (Lipinski definition) is 5. The third kappa shape index (κ3) is 3.76. The Labute approximate surface area is 202 Å². The van der Waals surface area contributed by atoms with Crippen LogP contribution < -0.4 is 10.6 Å². The fraction of sp³-hybridized carbons (Fsp3) is 0.773. The summed E-state index contributed by atoms with van der Waals surface area (Å²) in [7, 11) is 0. The number of amides is 2. The Hall–Kier alpha value is -2.45. The minimum Gasteiger partial charge on any atom is -0.394 e. The second kappa shape index (κ2) is 9.21. The average molecular weight is 496 g/mol. The lowest BCUT2D eigenvalue weighted by atomic mass is 9.84. The topological polar surface area (TPSA) is 181 Å². The summed E-state index contributed by atoms with van der Waals surface area (Å²) >= 11 is 0. The summed E-state index contributed by atoms with van der Waals surface area (Å²) in [5.74, 6) is -4.75. The van der Waals surface area contributed by atoms with E-state index in [1.807, 2.05) is 0 Å². The molecule has 0 aromatic carbocycles. The summed E-state index contributed by atoms with van der Waals surface area (Å²) in [4.78, 5) is 59.4. The number of Topliss-reactive ketones (excluding diaryl/α,β-unsaturated/α-hetero) is 2. The summed E-state index contributed by atoms with van der Waals surface area (Å²) in [6.07, 6.45) is -1.56. The van der Waals surface area contributed by atoms with Gasteiger partial charge in [-0.1, -0.05) is 19.3 Å². The van der Waals surface area contributed by atoms with Crippen LogP contribution in [0, 0.1) is 0 Å². The Bertz CT molecular complexity index is 939. The van der Waals surface area contributed by atoms with Crippen molar-refractivity contribution < 1.29 is 39.2 Å². The van der Waals surface area contributed by atoms with Gasteiger partial charge in [0.1, 0.15) is 18.3 Å². The molecule has 3 fully saturated rings. The van der Waals surface area contributed by atoms with Gasteiger partial charge >= 0.3 is 0 Å². The second-order valence-corrected chi connectivity index (χ2v) is 9.71. The lowest BCUT2D eigenvalue weighted by molar-refractivity contribution is -0.189. The van der Waals surface area contributed by atoms with Gasteiger partial charge in [-0.05, 0) is 19.8 Å². The maximum atomic E-state index is 13.6. The third-order valence-corrected chi connectivity index (χ3v) is 7.51. The van der Waals surface area contributed by atoms with Crippen LogP contribution in [0.2, 0.25) is 0 Å². The van der Waals surface area contributed by atoms with Gasteiger partial charge in [-0.25, -0.2) is 4.99 Å². The van der Waals surface area contributed by atoms with E-state index in [-0.39, 0.29) is 6.04 Å². The minimum atomic E-state index is -2.13. The number of fused-ring (bicyclic) bond motifs is 1. The van der Waals surface area contributed by atoms with E-state index in [0.29, 0.717) is 0 Å². The highest BCUT2D eigenvalue weighted by Crippen LogP contribution is 2.41. The zero-order valence-corrected chi connectivity index (χ0v) is 20.0. The zero-order chi connectivity index (χ0) is 25.7. The van der Waals surface area contributed by atoms with Crippen molar-refractivity contribution in [3.05, 3.63) is 0 Å². The van der Waals surface area contributed by atoms with Crippen LogP contribution in [0.25, 0.3) is 0 Å². The standard InChI is InChI=1S/C22H33N5O8/c1-11(29)21-19(34)25-22(12(2)30,24-14-7-5-4-6-8-14)27(13(3)31)20(21)26(10-23-21)18-17(33)16(32)15(9-28)35-18/h10,14-18,20,24,28,32-33H,4-9H2,1-3H3,(H,25,34)/t15-,16?,17?,18-,20?,21?,22?/m1/s1. The number of aliphatic hydroxyl groups excluding tert-OH is 3. The zero-order valence-electron chi connectivity index (χ0n) is 20.0. The van der Waals surface area contributed by atoms with Gasteiger partial charge in [-0.3, -0.25) is 29.4 Å². The van der Waals surface area contributed by atoms with Crippen LogP contribution >= 0.6 is 0 Å². The number of carbonyl (C=O) groups is 4. The number of aliphatic hydroxyl groups is 3. The van der Waals surface area contributed by atoms with Gasteiger partial charge in [0.2, 0.25) is 17.2 Å². The molecule has 1 saturated carbocycles. The van der Waals surface area contributed by atoms with Crippen molar-refractivity contribution in [3.8, 4) is 0 Å². The smallest absolute Gasteiger partial charge is 0.263 e. The number of carbonyl (C=O) groups excluding carboxylic acids is 4. The van der Waals surface area contributed by atoms with E-state index in [2.05, 4.69) is 15.6 Å². The van der Waals surface area contributed by atoms with E-state index in [9.17, 15) is 34.5 Å². The number of hydrogen-bond acceptors (Lipinski definition) is 11. The van der Waals surface area contributed by atoms with Gasteiger partial charge in [-0.2, -0.15) is 0 Å². The molecule has 4 aliphatic rings. The van der Waals surface area contributed by atoms with Gasteiger partial charge in [0.15, 0.2) is 24.0 Å². The normalized spacial score (nSPS) is 39.5. The first-order valence-corrected chi connectivity index (χ1v) is 11.9. The van der Waals surface area contributed by atoms with Crippen molar-refractivity contribution in [2.45, 2.75) is 101 Å². The largest absolute Gasteiger partial charge is 0.394 e. The molecular weight excluding hydrogens is 462 g/mol. The molecule has 1 aliphatic carbocycles. The van der Waals surface area contributed by atoms with Gasteiger partial charge < -0.3 is 30.3 Å². The minimum absolute atomic E-state index is 0.177. The molecule has 13 nitrogen and oxygen atoms in total. The highest BCUT2D eigenvalue weighted by atomic mass is 16.6. The van der Waals surface area contributed by atoms with Crippen molar-refractivity contribution in [3.63, 3.8) is 0 Å². The Balaban J connectivity index is 1.83. The molecule has 3 aliphatic heterocycles. The third-order valence-electron chi connectivity index (χ3n) is 7.51. The van der Waals surface area contributed by atoms with Crippen LogP contribution in [-0.2, 0) is 23.9 Å². The van der Waals surface area contributed by atoms with Gasteiger partial charge in [-0.15, -0.1) is 0 Å². The highest BCUT2D eigenvalue weighted by molar-refractivity contribution is 6.15. The molecule has 7 atom stereocenters. The van der Waals surface area contributed by atoms with Crippen molar-refractivity contribution >= 4 is 29.7 Å². The van der Waals surface area contributed by atoms with E-state index in [1.54, 1.807) is 0 Å². The summed E-state index contributed by atoms with van der Waals surface area (Å²) in [6, 6.07) is -0.177. The second-order valence-electron chi connectivity index (χ2n) is 9.71. The first kappa shape index (κ1) is 25.6. The molecule has 0 radical (unpaired) electrons. The SMILES string of the molecule is CC(=O)N1C2N([C@@H]3O[C@H](CO)C(O)C3O)C=NC2(C(C)=O)C(=O)NC1(NC1CCCCC1)C(C)=O. The van der Waals surface area contributed by atoms with Crippen LogP contribution in [0.4, 0.5) is 0 Å². The summed E-state index contributed by atoms with van der Waals surface area (Å²) in [5, 5.41) is 36.3. The Morgan fingerprint density at radius 2 is 1.80 bits per heavy atom. The molecule has 4 rings (SSSR count). The molecule has 5 N–H and O–H groups in total. The molecule has 2 amide bonds. The first-order chi connectivity index (χ1) is 16.5. The number of rotatable bonds is 6. The summed E-state index contributed by atoms with van der Waals surface area (Å²) in [6.45, 7) is 2.99. The number of aliphatic imine (C=N–C) groups is 1. The first-order valence-electron chi connectivity index (χ1n) is 11.9. The van der Waals surface area contributed by atoms with Crippen molar-refractivity contribution in [2.75, 3.05) is 6.61 Å². The summed E-state index contributed by atoms with van der Waals surface area (Å²) in [5.41, 5.74) is -2.13. The Kier molecular flexibility index (Phi) is 6.74. The van der Waals surface area contributed by atoms with Crippen LogP contribution in [0.3, 0.4) is 0 Å². The van der Waals surface area contributed by atoms with E-state index < -0.39 is 72.0 Å². The highest BCUT2D eigenvalue weighted by Gasteiger charge is 2.70. The lowest BCUT2D eigenvalue weighted by Crippen LogP contribution is -2.87. The van der Waals surface area contributed by atoms with Crippen molar-refractivity contribution in [2.24, 2.45) is 4.99 Å². The monoisotopic (exact) mass is 495 g/mol. The Morgan fingerprint density at radius 1 is 1.14 bits per heavy atom. The predicted molar refractivity (Wildman–Crippen MR) is 119 cm³/mol. The lowest BCUT2D eigenvalue weighted by Gasteiger charge is -2.56. The fourth-order valence-corrected chi connectivity index (χ4v) is 5.68. The maximum Gasteiger partial charge on any atom is 0.263 e. The predicted octanol–water partition coefficient (Wildman–Crippen LogP) is -2.43. The number of ether oxygens (including phenoxy) is 1. The molecule has 0 aromatic heterocycles. The number of ketones is 2. The molecule has 13 heteroatoms. The molecular formula is C22H33N5O8. The molecule has 5 unspecified atom stereocenters. The van der Waals surface area contributed by atoms with Crippen LogP contribution in [-0.4, -0.2) is 110 Å². The molecule has 3 heterocycles. The number of nitrogens with zero attached hydrogens (tertiary/aromatic N) is 3. The van der Waals surface area contributed by atoms with E-state index in [0.717, 1.165) is 50.3 Å². The van der Waals surface area contributed by atoms with Crippen LogP contribution in [0.15, 0.2) is 4.99 Å². The molecule has 194 valence electrons. The van der Waals surface area contributed by atoms with Gasteiger partial charge in [0.05, 0.1) is 12.9 Å². The van der Waals surface area contributed by atoms with Crippen LogP contribution in [0.5, 0.6) is 0 Å². The van der Waals surface area contributed by atoms with Crippen molar-refractivity contribution in [1.29, 1.82) is 0 Å². The number of nitrogens with one attached hydrogen (secondary N) is 2. The molecule has 0 bridgehead atoms. The summed E-state index contributed by atoms with van der Waals surface area (Å²) < 4.78 is 5.63. The molecule has 0 spiro atoms.